The summed E-state index contributed by atoms with van der Waals surface area (Å²) < 4.78 is 85.3. The van der Waals surface area contributed by atoms with Gasteiger partial charge in [0.15, 0.2) is 18.9 Å². The molecule has 0 atom stereocenters. The van der Waals surface area contributed by atoms with Crippen LogP contribution in [0.4, 0.5) is 26.3 Å². The average molecular weight is 1270 g/mol. The molecule has 1 heterocycles. The summed E-state index contributed by atoms with van der Waals surface area (Å²) in [6.07, 6.45) is 3.76. The number of aliphatic hydroxyl groups is 1. The number of carbonyl (C=O) groups excluding carboxylic acids is 3. The van der Waals surface area contributed by atoms with Gasteiger partial charge >= 0.3 is 32.7 Å². The molecular weight excluding hydrogens is 1240 g/mol. The minimum atomic E-state index is -0.728. The Labute approximate surface area is 406 Å². The van der Waals surface area contributed by atoms with Gasteiger partial charge in [0, 0.05) is 20.3 Å². The number of aromatic hydroxyl groups is 1. The van der Waals surface area contributed by atoms with E-state index in [4.69, 9.17) is 24.8 Å². The first-order chi connectivity index (χ1) is 26.5. The summed E-state index contributed by atoms with van der Waals surface area (Å²) in [5.74, 6) is -3.17. The maximum Gasteiger partial charge on any atom is 1.00 e. The predicted octanol–water partition coefficient (Wildman–Crippen LogP) is 8.32. The molecule has 310 valence electrons. The maximum absolute atomic E-state index is 12.8. The normalized spacial score (nSPS) is 10.1. The van der Waals surface area contributed by atoms with Crippen LogP contribution in [0.1, 0.15) is 43.9 Å². The van der Waals surface area contributed by atoms with Crippen molar-refractivity contribution in [3.63, 3.8) is 0 Å². The van der Waals surface area contributed by atoms with Crippen molar-refractivity contribution in [1.29, 1.82) is 0 Å². The molecule has 1 fully saturated rings. The molecule has 0 amide bonds. The van der Waals surface area contributed by atoms with Gasteiger partial charge in [-0.3, -0.25) is 14.4 Å². The second-order valence-electron chi connectivity index (χ2n) is 9.01. The van der Waals surface area contributed by atoms with Gasteiger partial charge in [-0.1, -0.05) is 0 Å². The molecule has 0 aliphatic carbocycles. The molecule has 0 bridgehead atoms. The minimum absolute atomic E-state index is 0. The topological polar surface area (TPSA) is 133 Å². The van der Waals surface area contributed by atoms with Gasteiger partial charge in [-0.05, 0) is 131 Å². The average Bonchev–Trinajstić information content (AvgIpc) is 3.78. The van der Waals surface area contributed by atoms with Crippen molar-refractivity contribution in [2.75, 3.05) is 34.5 Å². The molecule has 4 aromatic rings. The molecule has 8 nitrogen and oxygen atoms in total. The van der Waals surface area contributed by atoms with Crippen LogP contribution < -0.4 is 39.4 Å². The van der Waals surface area contributed by atoms with E-state index in [2.05, 4.69) is 111 Å². The van der Waals surface area contributed by atoms with Crippen LogP contribution in [0.15, 0.2) is 72.5 Å². The number of aliphatic hydroxyl groups excluding tert-OH is 1. The Balaban J connectivity index is -0.000000297. The van der Waals surface area contributed by atoms with Crippen LogP contribution in [-0.2, 0) is 4.74 Å². The second-order valence-corrected chi connectivity index (χ2v) is 18.7. The van der Waals surface area contributed by atoms with E-state index in [0.717, 1.165) is 69.9 Å². The third kappa shape index (κ3) is 27.0. The first kappa shape index (κ1) is 63.0. The van der Waals surface area contributed by atoms with Crippen LogP contribution in [-0.4, -0.2) is 66.8 Å². The molecule has 0 saturated carbocycles. The maximum atomic E-state index is 12.8. The molecule has 0 unspecified atom stereocenters. The fourth-order valence-corrected chi connectivity index (χ4v) is 4.75. The van der Waals surface area contributed by atoms with Gasteiger partial charge in [-0.2, -0.15) is 7.11 Å². The smallest absolute Gasteiger partial charge is 0.857 e. The molecule has 1 saturated heterocycles. The van der Waals surface area contributed by atoms with Crippen molar-refractivity contribution in [2.24, 2.45) is 0 Å². The van der Waals surface area contributed by atoms with Gasteiger partial charge in [-0.15, -0.1) is 47.3 Å². The number of rotatable bonds is 4. The zero-order chi connectivity index (χ0) is 44.0. The van der Waals surface area contributed by atoms with E-state index in [-0.39, 0.29) is 79.4 Å². The van der Waals surface area contributed by atoms with Crippen molar-refractivity contribution >= 4 is 133 Å². The molecular formula is C34H31BBr7F6NaO8. The minimum Gasteiger partial charge on any atom is -0.857 e. The third-order valence-electron chi connectivity index (χ3n) is 5.56. The largest absolute Gasteiger partial charge is 1.00 e. The van der Waals surface area contributed by atoms with E-state index in [9.17, 15) is 40.7 Å². The van der Waals surface area contributed by atoms with E-state index < -0.39 is 34.9 Å². The summed E-state index contributed by atoms with van der Waals surface area (Å²) in [7, 11) is 3.17. The Hall–Kier alpha value is -0.625. The van der Waals surface area contributed by atoms with E-state index in [1.165, 1.54) is 32.1 Å². The van der Waals surface area contributed by atoms with Crippen LogP contribution in [0.2, 0.25) is 0 Å². The summed E-state index contributed by atoms with van der Waals surface area (Å²) >= 11 is 20.7. The molecule has 0 spiro atoms. The summed E-state index contributed by atoms with van der Waals surface area (Å²) in [6, 6.07) is 9.92. The molecule has 23 heteroatoms. The number of methoxy groups -OCH3 is 1. The molecule has 4 aromatic carbocycles. The van der Waals surface area contributed by atoms with Crippen molar-refractivity contribution < 1.29 is 95.1 Å². The SMILES string of the molecule is BrB(Br)Br.C1CCOC1.CO.COc1ccc(F)c(Br)c1C=O.C[O-].Fc1ccc(F)c(Br)c1.O=Cc1c(F)ccc(F)c1Br.O=Cc1c(O)ccc(F)c1Br.[Na+]. The number of hydrogen-bond donors (Lipinski definition) is 2. The van der Waals surface area contributed by atoms with Crippen molar-refractivity contribution in [1.82, 2.24) is 0 Å². The monoisotopic (exact) mass is 1270 g/mol. The molecule has 2 N–H and O–H groups in total. The molecule has 57 heavy (non-hydrogen) atoms. The summed E-state index contributed by atoms with van der Waals surface area (Å²) in [5.41, 5.74) is -0.160. The Morgan fingerprint density at radius 1 is 0.649 bits per heavy atom. The molecule has 1 aliphatic rings. The van der Waals surface area contributed by atoms with Crippen LogP contribution in [0, 0.1) is 34.9 Å². The zero-order valence-electron chi connectivity index (χ0n) is 30.1. The van der Waals surface area contributed by atoms with Crippen LogP contribution in [0.3, 0.4) is 0 Å². The van der Waals surface area contributed by atoms with Crippen LogP contribution in [0.5, 0.6) is 11.5 Å². The van der Waals surface area contributed by atoms with E-state index in [1.807, 2.05) is 0 Å². The fourth-order valence-electron chi connectivity index (χ4n) is 3.14. The van der Waals surface area contributed by atoms with Gasteiger partial charge in [0.1, 0.15) is 46.4 Å². The second kappa shape index (κ2) is 38.3. The summed E-state index contributed by atoms with van der Waals surface area (Å²) in [6.45, 7) is 2.00. The van der Waals surface area contributed by atoms with E-state index in [0.29, 0.717) is 18.3 Å². The number of phenolic OH excluding ortho intramolecular Hbond substituents is 1. The number of benzene rings is 4. The van der Waals surface area contributed by atoms with Crippen molar-refractivity contribution in [3.8, 4) is 11.5 Å². The summed E-state index contributed by atoms with van der Waals surface area (Å²) in [4.78, 5) is 30.9. The first-order valence-electron chi connectivity index (χ1n) is 14.6. The number of halogens is 13. The number of phenols is 1. The number of aldehydes is 3. The first-order valence-corrected chi connectivity index (χ1v) is 20.5. The predicted molar refractivity (Wildman–Crippen MR) is 227 cm³/mol. The number of ether oxygens (including phenoxy) is 2. The Kier molecular flexibility index (Phi) is 42.4. The van der Waals surface area contributed by atoms with Gasteiger partial charge in [0.2, 0.25) is 0 Å². The Bertz CT molecular complexity index is 1700. The zero-order valence-corrected chi connectivity index (χ0v) is 43.2. The fraction of sp³-hybridized carbons (Fsp3) is 0.206. The third-order valence-corrected chi connectivity index (χ3v) is 8.59. The van der Waals surface area contributed by atoms with Gasteiger partial charge in [-0.25, -0.2) is 26.3 Å². The molecule has 5 rings (SSSR count). The molecule has 0 radical (unpaired) electrons. The van der Waals surface area contributed by atoms with Crippen molar-refractivity contribution in [3.05, 3.63) is 124 Å². The van der Waals surface area contributed by atoms with Gasteiger partial charge in [0.05, 0.1) is 41.7 Å². The number of carbonyl (C=O) groups is 3. The quantitative estimate of drug-likeness (QED) is 0.0903. The Morgan fingerprint density at radius 3 is 1.35 bits per heavy atom. The van der Waals surface area contributed by atoms with Crippen molar-refractivity contribution in [2.45, 2.75) is 12.8 Å². The van der Waals surface area contributed by atoms with Gasteiger partial charge < -0.3 is 24.8 Å². The van der Waals surface area contributed by atoms with E-state index in [1.54, 1.807) is 0 Å². The van der Waals surface area contributed by atoms with E-state index >= 15 is 0 Å². The van der Waals surface area contributed by atoms with Crippen LogP contribution >= 0.6 is 111 Å². The molecule has 1 aliphatic heterocycles. The standard InChI is InChI=1S/C8H6BrFO2.C7H3BrF2O.C7H4BrFO2.C6H3BrF2.C4H8O.CH4O.CH3O.BBr3.Na/c1-12-7-3-2-6(10)8(9)5(7)4-11;8-7-4(3-11)5(9)1-2-6(7)10;8-7-4(3-10)6(11)2-1-5(7)9;7-5-3-4(8)1-2-6(5)9;1-2-4-5-3-1;2*1-2;2-1(3)4;/h2-4H,1H3;1-3H;1-3,11H;1-3H;1-4H2;2H,1H3;1H3;;/q;;;;;;-1;;+1. The Morgan fingerprint density at radius 2 is 1.02 bits per heavy atom. The molecule has 0 aromatic heterocycles. The van der Waals surface area contributed by atoms with Gasteiger partial charge in [0.25, 0.3) is 0 Å². The number of hydrogen-bond acceptors (Lipinski definition) is 8. The summed E-state index contributed by atoms with van der Waals surface area (Å²) in [5, 5.41) is 24.2. The van der Waals surface area contributed by atoms with Crippen LogP contribution in [0.25, 0.3) is 0 Å².